The topological polar surface area (TPSA) is 75.4 Å². The van der Waals surface area contributed by atoms with Gasteiger partial charge >= 0.3 is 0 Å². The van der Waals surface area contributed by atoms with Gasteiger partial charge in [0, 0.05) is 29.2 Å². The molecule has 0 bridgehead atoms. The third-order valence-corrected chi connectivity index (χ3v) is 5.12. The first kappa shape index (κ1) is 17.2. The van der Waals surface area contributed by atoms with Crippen LogP contribution in [0.15, 0.2) is 34.9 Å². The molecule has 0 radical (unpaired) electrons. The van der Waals surface area contributed by atoms with Crippen LogP contribution in [0.4, 0.5) is 0 Å². The summed E-state index contributed by atoms with van der Waals surface area (Å²) in [6.45, 7) is 1.55. The SMILES string of the molecule is O=C(c1cc(-c2ccc(Cl)cc2)on1)N(C(=O)C1CCCNC1)C1CC1. The fourth-order valence-electron chi connectivity index (χ4n) is 3.29. The van der Waals surface area contributed by atoms with Gasteiger partial charge in [0.2, 0.25) is 5.91 Å². The van der Waals surface area contributed by atoms with Crippen LogP contribution in [-0.2, 0) is 4.79 Å². The van der Waals surface area contributed by atoms with Gasteiger partial charge in [0.1, 0.15) is 0 Å². The van der Waals surface area contributed by atoms with Gasteiger partial charge in [-0.1, -0.05) is 16.8 Å². The molecule has 1 N–H and O–H groups in total. The van der Waals surface area contributed by atoms with Gasteiger partial charge in [0.25, 0.3) is 5.91 Å². The lowest BCUT2D eigenvalue weighted by molar-refractivity contribution is -0.133. The molecule has 1 aliphatic carbocycles. The summed E-state index contributed by atoms with van der Waals surface area (Å²) in [6, 6.07) is 8.68. The zero-order chi connectivity index (χ0) is 18.1. The number of imide groups is 1. The number of rotatable bonds is 4. The van der Waals surface area contributed by atoms with Gasteiger partial charge in [-0.3, -0.25) is 14.5 Å². The maximum atomic E-state index is 13.0. The molecule has 136 valence electrons. The Hall–Kier alpha value is -2.18. The molecular weight excluding hydrogens is 354 g/mol. The summed E-state index contributed by atoms with van der Waals surface area (Å²) in [5.74, 6) is -0.128. The third-order valence-electron chi connectivity index (χ3n) is 4.87. The quantitative estimate of drug-likeness (QED) is 0.833. The molecule has 1 atom stereocenters. The first-order valence-electron chi connectivity index (χ1n) is 8.94. The van der Waals surface area contributed by atoms with E-state index >= 15 is 0 Å². The summed E-state index contributed by atoms with van der Waals surface area (Å²) < 4.78 is 5.32. The standard InChI is InChI=1S/C19H20ClN3O3/c20-14-5-3-12(4-6-14)17-10-16(22-26-17)19(25)23(15-7-8-15)18(24)13-2-1-9-21-11-13/h3-6,10,13,15,21H,1-2,7-9,11H2. The summed E-state index contributed by atoms with van der Waals surface area (Å²) in [4.78, 5) is 27.3. The largest absolute Gasteiger partial charge is 0.355 e. The Labute approximate surface area is 156 Å². The van der Waals surface area contributed by atoms with Gasteiger partial charge in [0.05, 0.1) is 5.92 Å². The van der Waals surface area contributed by atoms with E-state index in [9.17, 15) is 9.59 Å². The Morgan fingerprint density at radius 2 is 1.96 bits per heavy atom. The van der Waals surface area contributed by atoms with Crippen molar-refractivity contribution < 1.29 is 14.1 Å². The highest BCUT2D eigenvalue weighted by Crippen LogP contribution is 2.31. The highest BCUT2D eigenvalue weighted by Gasteiger charge is 2.41. The van der Waals surface area contributed by atoms with E-state index in [1.54, 1.807) is 30.3 Å². The highest BCUT2D eigenvalue weighted by atomic mass is 35.5. The van der Waals surface area contributed by atoms with Crippen LogP contribution < -0.4 is 5.32 Å². The molecule has 1 aromatic heterocycles. The number of aromatic nitrogens is 1. The van der Waals surface area contributed by atoms with E-state index in [0.29, 0.717) is 17.3 Å². The number of nitrogens with zero attached hydrogens (tertiary/aromatic N) is 2. The Morgan fingerprint density at radius 3 is 2.62 bits per heavy atom. The number of nitrogens with one attached hydrogen (secondary N) is 1. The maximum Gasteiger partial charge on any atom is 0.282 e. The van der Waals surface area contributed by atoms with E-state index in [0.717, 1.165) is 37.8 Å². The van der Waals surface area contributed by atoms with E-state index < -0.39 is 0 Å². The molecule has 1 aromatic carbocycles. The maximum absolute atomic E-state index is 13.0. The summed E-state index contributed by atoms with van der Waals surface area (Å²) in [5.41, 5.74) is 0.945. The number of carbonyl (C=O) groups is 2. The summed E-state index contributed by atoms with van der Waals surface area (Å²) >= 11 is 5.90. The molecule has 2 fully saturated rings. The van der Waals surface area contributed by atoms with Crippen LogP contribution in [0.1, 0.15) is 36.2 Å². The number of hydrogen-bond acceptors (Lipinski definition) is 5. The molecule has 1 saturated heterocycles. The minimum Gasteiger partial charge on any atom is -0.355 e. The van der Waals surface area contributed by atoms with Crippen molar-refractivity contribution >= 4 is 23.4 Å². The van der Waals surface area contributed by atoms with E-state index in [2.05, 4.69) is 10.5 Å². The van der Waals surface area contributed by atoms with Gasteiger partial charge in [0.15, 0.2) is 11.5 Å². The van der Waals surface area contributed by atoms with Crippen LogP contribution in [0.2, 0.25) is 5.02 Å². The second-order valence-corrected chi connectivity index (χ2v) is 7.31. The molecule has 0 spiro atoms. The van der Waals surface area contributed by atoms with Crippen molar-refractivity contribution in [2.45, 2.75) is 31.7 Å². The fourth-order valence-corrected chi connectivity index (χ4v) is 3.41. The van der Waals surface area contributed by atoms with Crippen molar-refractivity contribution in [2.24, 2.45) is 5.92 Å². The first-order chi connectivity index (χ1) is 12.6. The Morgan fingerprint density at radius 1 is 1.19 bits per heavy atom. The molecule has 1 unspecified atom stereocenters. The first-order valence-corrected chi connectivity index (χ1v) is 9.32. The van der Waals surface area contributed by atoms with Gasteiger partial charge in [-0.25, -0.2) is 0 Å². The Kier molecular flexibility index (Phi) is 4.78. The van der Waals surface area contributed by atoms with E-state index in [1.807, 2.05) is 0 Å². The second kappa shape index (κ2) is 7.21. The average molecular weight is 374 g/mol. The van der Waals surface area contributed by atoms with E-state index in [4.69, 9.17) is 16.1 Å². The van der Waals surface area contributed by atoms with Crippen molar-refractivity contribution in [1.82, 2.24) is 15.4 Å². The van der Waals surface area contributed by atoms with Crippen LogP contribution in [-0.4, -0.2) is 41.0 Å². The highest BCUT2D eigenvalue weighted by molar-refractivity contribution is 6.30. The lowest BCUT2D eigenvalue weighted by Gasteiger charge is -2.28. The molecule has 1 aliphatic heterocycles. The Bertz CT molecular complexity index is 808. The lowest BCUT2D eigenvalue weighted by atomic mass is 9.98. The Balaban J connectivity index is 1.55. The smallest absolute Gasteiger partial charge is 0.282 e. The fraction of sp³-hybridized carbons (Fsp3) is 0.421. The van der Waals surface area contributed by atoms with Crippen LogP contribution in [0, 0.1) is 5.92 Å². The number of amides is 2. The normalized spacial score (nSPS) is 20.0. The molecule has 4 rings (SSSR count). The zero-order valence-electron chi connectivity index (χ0n) is 14.3. The zero-order valence-corrected chi connectivity index (χ0v) is 15.0. The second-order valence-electron chi connectivity index (χ2n) is 6.87. The minimum absolute atomic E-state index is 0.00684. The van der Waals surface area contributed by atoms with Crippen molar-refractivity contribution in [1.29, 1.82) is 0 Å². The lowest BCUT2D eigenvalue weighted by Crippen LogP contribution is -2.46. The van der Waals surface area contributed by atoms with Gasteiger partial charge in [-0.15, -0.1) is 0 Å². The minimum atomic E-state index is -0.368. The number of carbonyl (C=O) groups excluding carboxylic acids is 2. The van der Waals surface area contributed by atoms with Crippen LogP contribution >= 0.6 is 11.6 Å². The predicted octanol–water partition coefficient (Wildman–Crippen LogP) is 3.13. The number of piperidine rings is 1. The summed E-state index contributed by atoms with van der Waals surface area (Å²) in [6.07, 6.45) is 3.49. The number of hydrogen-bond donors (Lipinski definition) is 1. The molecule has 2 aliphatic rings. The molecule has 6 nitrogen and oxygen atoms in total. The molecule has 7 heteroatoms. The molecule has 2 aromatic rings. The van der Waals surface area contributed by atoms with Crippen molar-refractivity contribution in [3.8, 4) is 11.3 Å². The van der Waals surface area contributed by atoms with Crippen LogP contribution in [0.5, 0.6) is 0 Å². The summed E-state index contributed by atoms with van der Waals surface area (Å²) in [7, 11) is 0. The van der Waals surface area contributed by atoms with Crippen molar-refractivity contribution in [3.05, 3.63) is 41.0 Å². The van der Waals surface area contributed by atoms with Crippen LogP contribution in [0.3, 0.4) is 0 Å². The summed E-state index contributed by atoms with van der Waals surface area (Å²) in [5, 5.41) is 7.76. The third kappa shape index (κ3) is 3.52. The molecule has 26 heavy (non-hydrogen) atoms. The van der Waals surface area contributed by atoms with Gasteiger partial charge in [-0.05, 0) is 56.5 Å². The number of halogens is 1. The van der Waals surface area contributed by atoms with Crippen molar-refractivity contribution in [2.75, 3.05) is 13.1 Å². The van der Waals surface area contributed by atoms with Gasteiger partial charge in [-0.2, -0.15) is 0 Å². The molecular formula is C19H20ClN3O3. The van der Waals surface area contributed by atoms with E-state index in [1.165, 1.54) is 4.90 Å². The molecule has 1 saturated carbocycles. The van der Waals surface area contributed by atoms with Gasteiger partial charge < -0.3 is 9.84 Å². The van der Waals surface area contributed by atoms with E-state index in [-0.39, 0.29) is 29.5 Å². The predicted molar refractivity (Wildman–Crippen MR) is 96.7 cm³/mol. The van der Waals surface area contributed by atoms with Crippen molar-refractivity contribution in [3.63, 3.8) is 0 Å². The average Bonchev–Trinajstić information content (AvgIpc) is 3.37. The number of benzene rings is 1. The molecule has 2 heterocycles. The van der Waals surface area contributed by atoms with Crippen LogP contribution in [0.25, 0.3) is 11.3 Å². The molecule has 2 amide bonds. The monoisotopic (exact) mass is 373 g/mol.